The second-order valence-corrected chi connectivity index (χ2v) is 4.52. The lowest BCUT2D eigenvalue weighted by atomic mass is 10.5. The van der Waals surface area contributed by atoms with Crippen LogP contribution in [0.3, 0.4) is 0 Å². The summed E-state index contributed by atoms with van der Waals surface area (Å²) in [6, 6.07) is 4.12. The molecule has 0 aliphatic rings. The molecule has 1 aromatic rings. The summed E-state index contributed by atoms with van der Waals surface area (Å²) >= 11 is 3.46. The van der Waals surface area contributed by atoms with Gasteiger partial charge in [0, 0.05) is 11.9 Å². The van der Waals surface area contributed by atoms with Crippen LogP contribution in [-0.2, 0) is 6.54 Å². The number of thioether (sulfide) groups is 1. The van der Waals surface area contributed by atoms with Gasteiger partial charge in [-0.25, -0.2) is 0 Å². The average Bonchev–Trinajstić information content (AvgIpc) is 2.34. The number of nitrogens with zero attached hydrogens (tertiary/aromatic N) is 1. The van der Waals surface area contributed by atoms with Gasteiger partial charge >= 0.3 is 0 Å². The molecule has 4 heteroatoms. The fourth-order valence-electron chi connectivity index (χ4n) is 0.778. The van der Waals surface area contributed by atoms with E-state index in [9.17, 15) is 0 Å². The van der Waals surface area contributed by atoms with E-state index in [1.54, 1.807) is 30.1 Å². The Kier molecular flexibility index (Phi) is 3.39. The molecule has 0 saturated heterocycles. The molecule has 0 saturated carbocycles. The monoisotopic (exact) mass is 189 g/mol. The largest absolute Gasteiger partial charge is 0.314 e. The van der Waals surface area contributed by atoms with Crippen molar-refractivity contribution in [1.82, 2.24) is 5.06 Å². The first-order valence-corrected chi connectivity index (χ1v) is 5.29. The molecule has 62 valence electrons. The molecule has 0 aliphatic carbocycles. The van der Waals surface area contributed by atoms with Gasteiger partial charge < -0.3 is 5.21 Å². The summed E-state index contributed by atoms with van der Waals surface area (Å²) in [5.41, 5.74) is 0. The second kappa shape index (κ2) is 4.11. The maximum absolute atomic E-state index is 8.92. The van der Waals surface area contributed by atoms with Crippen LogP contribution in [0.4, 0.5) is 0 Å². The molecule has 0 fully saturated rings. The zero-order valence-corrected chi connectivity index (χ0v) is 8.21. The van der Waals surface area contributed by atoms with Crippen LogP contribution in [0.25, 0.3) is 0 Å². The van der Waals surface area contributed by atoms with E-state index >= 15 is 0 Å². The fourth-order valence-corrected chi connectivity index (χ4v) is 2.42. The lowest BCUT2D eigenvalue weighted by Gasteiger charge is -2.03. The third-order valence-electron chi connectivity index (χ3n) is 1.22. The van der Waals surface area contributed by atoms with Crippen LogP contribution >= 0.6 is 23.1 Å². The van der Waals surface area contributed by atoms with Crippen molar-refractivity contribution in [2.45, 2.75) is 10.8 Å². The molecule has 1 heterocycles. The van der Waals surface area contributed by atoms with Crippen LogP contribution in [0, 0.1) is 0 Å². The molecule has 0 radical (unpaired) electrons. The van der Waals surface area contributed by atoms with E-state index in [1.165, 1.54) is 14.1 Å². The summed E-state index contributed by atoms with van der Waals surface area (Å²) in [7, 11) is 1.65. The first kappa shape index (κ1) is 9.06. The van der Waals surface area contributed by atoms with Crippen LogP contribution in [0.5, 0.6) is 0 Å². The summed E-state index contributed by atoms with van der Waals surface area (Å²) in [6.07, 6.45) is 2.05. The van der Waals surface area contributed by atoms with E-state index in [2.05, 4.69) is 12.3 Å². The van der Waals surface area contributed by atoms with Crippen molar-refractivity contribution in [3.63, 3.8) is 0 Å². The number of thiophene rings is 1. The van der Waals surface area contributed by atoms with Crippen LogP contribution in [0.15, 0.2) is 16.3 Å². The summed E-state index contributed by atoms with van der Waals surface area (Å²) in [6.45, 7) is 0.616. The van der Waals surface area contributed by atoms with Gasteiger partial charge in [-0.05, 0) is 18.4 Å². The van der Waals surface area contributed by atoms with Gasteiger partial charge in [0.05, 0.1) is 10.8 Å². The van der Waals surface area contributed by atoms with Gasteiger partial charge in [0.25, 0.3) is 0 Å². The zero-order chi connectivity index (χ0) is 8.27. The number of hydrogen-bond donors (Lipinski definition) is 1. The topological polar surface area (TPSA) is 23.5 Å². The van der Waals surface area contributed by atoms with Crippen LogP contribution in [-0.4, -0.2) is 23.6 Å². The van der Waals surface area contributed by atoms with Crippen molar-refractivity contribution in [1.29, 1.82) is 0 Å². The third-order valence-corrected chi connectivity index (χ3v) is 3.38. The minimum absolute atomic E-state index is 0.616. The first-order valence-electron chi connectivity index (χ1n) is 3.25. The van der Waals surface area contributed by atoms with Crippen LogP contribution in [0.1, 0.15) is 4.88 Å². The van der Waals surface area contributed by atoms with E-state index < -0.39 is 0 Å². The van der Waals surface area contributed by atoms with E-state index in [4.69, 9.17) is 5.21 Å². The van der Waals surface area contributed by atoms with E-state index in [0.717, 1.165) is 0 Å². The summed E-state index contributed by atoms with van der Waals surface area (Å²) < 4.78 is 1.29. The molecule has 0 spiro atoms. The molecule has 0 aliphatic heterocycles. The molecule has 0 atom stereocenters. The predicted octanol–water partition coefficient (Wildman–Crippen LogP) is 2.29. The minimum Gasteiger partial charge on any atom is -0.314 e. The highest BCUT2D eigenvalue weighted by Gasteiger charge is 2.00. The summed E-state index contributed by atoms with van der Waals surface area (Å²) in [4.78, 5) is 1.19. The molecular weight excluding hydrogens is 178 g/mol. The number of hydrogen-bond acceptors (Lipinski definition) is 4. The van der Waals surface area contributed by atoms with E-state index in [0.29, 0.717) is 6.54 Å². The molecule has 1 rings (SSSR count). The normalized spacial score (nSPS) is 10.9. The van der Waals surface area contributed by atoms with Crippen molar-refractivity contribution >= 4 is 23.1 Å². The number of rotatable bonds is 3. The minimum atomic E-state index is 0.616. The molecule has 2 nitrogen and oxygen atoms in total. The third kappa shape index (κ3) is 2.83. The maximum Gasteiger partial charge on any atom is 0.0599 e. The van der Waals surface area contributed by atoms with Gasteiger partial charge in [-0.2, -0.15) is 5.06 Å². The SMILES string of the molecule is CSc1ccc(CN(C)O)s1. The Morgan fingerprint density at radius 1 is 1.64 bits per heavy atom. The highest BCUT2D eigenvalue weighted by atomic mass is 32.2. The second-order valence-electron chi connectivity index (χ2n) is 2.24. The fraction of sp³-hybridized carbons (Fsp3) is 0.429. The Labute approximate surface area is 74.8 Å². The molecule has 1 N–H and O–H groups in total. The molecule has 0 unspecified atom stereocenters. The van der Waals surface area contributed by atoms with Crippen molar-refractivity contribution in [2.75, 3.05) is 13.3 Å². The van der Waals surface area contributed by atoms with Crippen molar-refractivity contribution in [3.05, 3.63) is 17.0 Å². The smallest absolute Gasteiger partial charge is 0.0599 e. The Bertz CT molecular complexity index is 222. The van der Waals surface area contributed by atoms with Crippen molar-refractivity contribution < 1.29 is 5.21 Å². The van der Waals surface area contributed by atoms with Gasteiger partial charge in [-0.3, -0.25) is 0 Å². The molecule has 1 aromatic heterocycles. The summed E-state index contributed by atoms with van der Waals surface area (Å²) in [5, 5.41) is 10.1. The quantitative estimate of drug-likeness (QED) is 0.583. The van der Waals surface area contributed by atoms with Gasteiger partial charge in [-0.15, -0.1) is 23.1 Å². The van der Waals surface area contributed by atoms with E-state index in [-0.39, 0.29) is 0 Å². The standard InChI is InChI=1S/C7H11NOS2/c1-8(9)5-6-3-4-7(10-2)11-6/h3-4,9H,5H2,1-2H3. The lowest BCUT2D eigenvalue weighted by molar-refractivity contribution is -0.0723. The van der Waals surface area contributed by atoms with Crippen molar-refractivity contribution in [3.8, 4) is 0 Å². The molecule has 0 aromatic carbocycles. The van der Waals surface area contributed by atoms with Crippen molar-refractivity contribution in [2.24, 2.45) is 0 Å². The Morgan fingerprint density at radius 2 is 2.36 bits per heavy atom. The highest BCUT2D eigenvalue weighted by molar-refractivity contribution is 8.00. The van der Waals surface area contributed by atoms with Gasteiger partial charge in [0.15, 0.2) is 0 Å². The average molecular weight is 189 g/mol. The first-order chi connectivity index (χ1) is 5.22. The van der Waals surface area contributed by atoms with Gasteiger partial charge in [-0.1, -0.05) is 0 Å². The highest BCUT2D eigenvalue weighted by Crippen LogP contribution is 2.25. The summed E-state index contributed by atoms with van der Waals surface area (Å²) in [5.74, 6) is 0. The lowest BCUT2D eigenvalue weighted by Crippen LogP contribution is -2.10. The molecule has 0 amide bonds. The Balaban J connectivity index is 2.58. The molecule has 11 heavy (non-hydrogen) atoms. The number of hydroxylamine groups is 2. The Hall–Kier alpha value is -0.0300. The van der Waals surface area contributed by atoms with E-state index in [1.807, 2.05) is 6.07 Å². The predicted molar refractivity (Wildman–Crippen MR) is 49.4 cm³/mol. The molecule has 0 bridgehead atoms. The molecular formula is C7H11NOS2. The van der Waals surface area contributed by atoms with Gasteiger partial charge in [0.2, 0.25) is 0 Å². The van der Waals surface area contributed by atoms with Crippen LogP contribution < -0.4 is 0 Å². The van der Waals surface area contributed by atoms with Crippen LogP contribution in [0.2, 0.25) is 0 Å². The zero-order valence-electron chi connectivity index (χ0n) is 6.57. The maximum atomic E-state index is 8.92. The Morgan fingerprint density at radius 3 is 2.82 bits per heavy atom. The van der Waals surface area contributed by atoms with Gasteiger partial charge in [0.1, 0.15) is 0 Å².